The van der Waals surface area contributed by atoms with Gasteiger partial charge in [-0.05, 0) is 32.3 Å². The number of alkyl halides is 1. The predicted octanol–water partition coefficient (Wildman–Crippen LogP) is 3.69. The minimum absolute atomic E-state index is 0.390. The normalized spacial score (nSPS) is 16.8. The van der Waals surface area contributed by atoms with Crippen LogP contribution < -0.4 is 4.90 Å². The number of thiophene rings is 1. The van der Waals surface area contributed by atoms with Gasteiger partial charge in [0, 0.05) is 23.3 Å². The molecule has 3 rings (SSSR count). The lowest BCUT2D eigenvalue weighted by Crippen LogP contribution is -2.37. The van der Waals surface area contributed by atoms with Crippen LogP contribution in [0.15, 0.2) is 6.33 Å². The Kier molecular flexibility index (Phi) is 4.76. The molecule has 0 amide bonds. The number of hydrogen-bond acceptors (Lipinski definition) is 5. The summed E-state index contributed by atoms with van der Waals surface area (Å²) in [7, 11) is 0. The fourth-order valence-corrected chi connectivity index (χ4v) is 4.03. The zero-order chi connectivity index (χ0) is 14.8. The van der Waals surface area contributed by atoms with Gasteiger partial charge in [0.05, 0.1) is 18.1 Å². The van der Waals surface area contributed by atoms with Crippen LogP contribution in [0.4, 0.5) is 5.82 Å². The van der Waals surface area contributed by atoms with Crippen LogP contribution in [-0.4, -0.2) is 41.1 Å². The molecule has 0 radical (unpaired) electrons. The number of rotatable bonds is 4. The molecule has 21 heavy (non-hydrogen) atoms. The molecular weight excluding hydrogens is 350 g/mol. The summed E-state index contributed by atoms with van der Waals surface area (Å²) >= 11 is 5.17. The lowest BCUT2D eigenvalue weighted by atomic mass is 10.1. The average molecular weight is 370 g/mol. The van der Waals surface area contributed by atoms with Crippen LogP contribution in [-0.2, 0) is 4.74 Å². The Hall–Kier alpha value is -0.720. The summed E-state index contributed by atoms with van der Waals surface area (Å²) in [5.74, 6) is 1.10. The van der Waals surface area contributed by atoms with Crippen LogP contribution in [0.3, 0.4) is 0 Å². The van der Waals surface area contributed by atoms with E-state index in [1.165, 1.54) is 15.8 Å². The molecule has 114 valence electrons. The minimum atomic E-state index is 0.390. The highest BCUT2D eigenvalue weighted by Crippen LogP contribution is 2.35. The highest BCUT2D eigenvalue weighted by atomic mass is 79.9. The van der Waals surface area contributed by atoms with E-state index in [0.717, 1.165) is 48.5 Å². The van der Waals surface area contributed by atoms with E-state index in [9.17, 15) is 0 Å². The maximum absolute atomic E-state index is 5.83. The van der Waals surface area contributed by atoms with Crippen LogP contribution in [0, 0.1) is 13.8 Å². The van der Waals surface area contributed by atoms with Crippen LogP contribution in [0.5, 0.6) is 0 Å². The van der Waals surface area contributed by atoms with Gasteiger partial charge in [-0.2, -0.15) is 0 Å². The fraction of sp³-hybridized carbons (Fsp3) is 0.600. The van der Waals surface area contributed by atoms with Gasteiger partial charge in [-0.25, -0.2) is 9.97 Å². The van der Waals surface area contributed by atoms with E-state index >= 15 is 0 Å². The summed E-state index contributed by atoms with van der Waals surface area (Å²) in [6, 6.07) is 0. The van der Waals surface area contributed by atoms with E-state index in [-0.39, 0.29) is 0 Å². The van der Waals surface area contributed by atoms with Gasteiger partial charge < -0.3 is 9.64 Å². The Morgan fingerprint density at radius 3 is 2.81 bits per heavy atom. The quantitative estimate of drug-likeness (QED) is 0.770. The second-order valence-corrected chi connectivity index (χ2v) is 7.40. The third-order valence-electron chi connectivity index (χ3n) is 4.12. The maximum atomic E-state index is 5.83. The molecule has 2 aromatic heterocycles. The number of ether oxygens (including phenoxy) is 1. The minimum Gasteiger partial charge on any atom is -0.377 e. The Bertz CT molecular complexity index is 623. The smallest absolute Gasteiger partial charge is 0.141 e. The van der Waals surface area contributed by atoms with Gasteiger partial charge in [0.2, 0.25) is 0 Å². The Labute approximate surface area is 137 Å². The lowest BCUT2D eigenvalue weighted by Gasteiger charge is -2.33. The molecule has 0 atom stereocenters. The first kappa shape index (κ1) is 15.2. The van der Waals surface area contributed by atoms with Gasteiger partial charge >= 0.3 is 0 Å². The van der Waals surface area contributed by atoms with Crippen molar-refractivity contribution in [3.8, 4) is 0 Å². The van der Waals surface area contributed by atoms with Gasteiger partial charge in [-0.15, -0.1) is 11.3 Å². The number of halogens is 1. The van der Waals surface area contributed by atoms with Gasteiger partial charge in [0.1, 0.15) is 17.0 Å². The lowest BCUT2D eigenvalue weighted by molar-refractivity contribution is 0.0480. The summed E-state index contributed by atoms with van der Waals surface area (Å²) in [6.45, 7) is 7.14. The van der Waals surface area contributed by atoms with E-state index in [1.807, 2.05) is 0 Å². The third-order valence-corrected chi connectivity index (χ3v) is 5.56. The Morgan fingerprint density at radius 2 is 2.10 bits per heavy atom. The predicted molar refractivity (Wildman–Crippen MR) is 91.9 cm³/mol. The Balaban J connectivity index is 1.79. The van der Waals surface area contributed by atoms with Crippen molar-refractivity contribution in [2.75, 3.05) is 29.9 Å². The number of piperidine rings is 1. The van der Waals surface area contributed by atoms with Crippen molar-refractivity contribution >= 4 is 43.3 Å². The summed E-state index contributed by atoms with van der Waals surface area (Å²) in [6.07, 6.45) is 4.23. The number of aromatic nitrogens is 2. The van der Waals surface area contributed by atoms with Crippen LogP contribution >= 0.6 is 27.3 Å². The molecule has 0 bridgehead atoms. The van der Waals surface area contributed by atoms with Crippen molar-refractivity contribution in [2.24, 2.45) is 0 Å². The molecule has 1 saturated heterocycles. The second-order valence-electron chi connectivity index (χ2n) is 5.41. The molecule has 2 aromatic rings. The standard InChI is InChI=1S/C15H20BrN3OS/c1-10-11(2)21-15-13(10)14(17-9-18-15)19-6-3-12(4-7-19)20-8-5-16/h9,12H,3-8H2,1-2H3. The molecule has 1 aliphatic heterocycles. The molecule has 1 fully saturated rings. The Morgan fingerprint density at radius 1 is 1.33 bits per heavy atom. The number of anilines is 1. The maximum Gasteiger partial charge on any atom is 0.141 e. The molecule has 0 unspecified atom stereocenters. The van der Waals surface area contributed by atoms with Gasteiger partial charge in [0.25, 0.3) is 0 Å². The summed E-state index contributed by atoms with van der Waals surface area (Å²) < 4.78 is 5.83. The fourth-order valence-electron chi connectivity index (χ4n) is 2.85. The number of hydrogen-bond donors (Lipinski definition) is 0. The average Bonchev–Trinajstić information content (AvgIpc) is 2.81. The first-order chi connectivity index (χ1) is 10.2. The van der Waals surface area contributed by atoms with Crippen LogP contribution in [0.25, 0.3) is 10.2 Å². The molecule has 3 heterocycles. The zero-order valence-corrected chi connectivity index (χ0v) is 14.8. The summed E-state index contributed by atoms with van der Waals surface area (Å²) in [5.41, 5.74) is 1.32. The molecule has 0 saturated carbocycles. The van der Waals surface area contributed by atoms with Gasteiger partial charge in [-0.3, -0.25) is 0 Å². The first-order valence-electron chi connectivity index (χ1n) is 7.34. The van der Waals surface area contributed by atoms with Gasteiger partial charge in [0.15, 0.2) is 0 Å². The second kappa shape index (κ2) is 6.58. The van der Waals surface area contributed by atoms with E-state index in [4.69, 9.17) is 4.74 Å². The summed E-state index contributed by atoms with van der Waals surface area (Å²) in [4.78, 5) is 13.8. The SMILES string of the molecule is Cc1sc2ncnc(N3CCC(OCCBr)CC3)c2c1C. The largest absolute Gasteiger partial charge is 0.377 e. The van der Waals surface area contributed by atoms with E-state index in [0.29, 0.717) is 6.10 Å². The highest BCUT2D eigenvalue weighted by Gasteiger charge is 2.23. The topological polar surface area (TPSA) is 38.2 Å². The van der Waals surface area contributed by atoms with Crippen molar-refractivity contribution < 1.29 is 4.74 Å². The van der Waals surface area contributed by atoms with Crippen molar-refractivity contribution in [3.05, 3.63) is 16.8 Å². The van der Waals surface area contributed by atoms with E-state index in [2.05, 4.69) is 44.6 Å². The van der Waals surface area contributed by atoms with Crippen LogP contribution in [0.2, 0.25) is 0 Å². The monoisotopic (exact) mass is 369 g/mol. The number of fused-ring (bicyclic) bond motifs is 1. The van der Waals surface area contributed by atoms with E-state index in [1.54, 1.807) is 17.7 Å². The number of nitrogens with zero attached hydrogens (tertiary/aromatic N) is 3. The molecule has 0 spiro atoms. The highest BCUT2D eigenvalue weighted by molar-refractivity contribution is 9.09. The van der Waals surface area contributed by atoms with E-state index < -0.39 is 0 Å². The van der Waals surface area contributed by atoms with Crippen molar-refractivity contribution in [1.82, 2.24) is 9.97 Å². The van der Waals surface area contributed by atoms with Crippen LogP contribution in [0.1, 0.15) is 23.3 Å². The summed E-state index contributed by atoms with van der Waals surface area (Å²) in [5, 5.41) is 2.15. The molecular formula is C15H20BrN3OS. The molecule has 4 nitrogen and oxygen atoms in total. The molecule has 0 N–H and O–H groups in total. The van der Waals surface area contributed by atoms with Crippen molar-refractivity contribution in [3.63, 3.8) is 0 Å². The molecule has 1 aliphatic rings. The number of aryl methyl sites for hydroxylation is 2. The van der Waals surface area contributed by atoms with Crippen molar-refractivity contribution in [2.45, 2.75) is 32.8 Å². The molecule has 0 aliphatic carbocycles. The molecule has 0 aromatic carbocycles. The third kappa shape index (κ3) is 3.07. The van der Waals surface area contributed by atoms with Crippen molar-refractivity contribution in [1.29, 1.82) is 0 Å². The molecule has 6 heteroatoms. The van der Waals surface area contributed by atoms with Gasteiger partial charge in [-0.1, -0.05) is 15.9 Å². The zero-order valence-electron chi connectivity index (χ0n) is 12.4. The first-order valence-corrected chi connectivity index (χ1v) is 9.27.